The van der Waals surface area contributed by atoms with E-state index in [0.717, 1.165) is 73.7 Å². The molecule has 1 atom stereocenters. The van der Waals surface area contributed by atoms with Crippen molar-refractivity contribution < 1.29 is 0 Å². The first-order chi connectivity index (χ1) is 16.3. The van der Waals surface area contributed by atoms with Crippen molar-refractivity contribution >= 4 is 11.9 Å². The van der Waals surface area contributed by atoms with Gasteiger partial charge in [-0.3, -0.25) is 15.0 Å². The monoisotopic (exact) mass is 464 g/mol. The molecule has 0 aliphatic carbocycles. The lowest BCUT2D eigenvalue weighted by molar-refractivity contribution is 0.530. The summed E-state index contributed by atoms with van der Waals surface area (Å²) >= 11 is 0. The van der Waals surface area contributed by atoms with Crippen molar-refractivity contribution in [1.82, 2.24) is 10.3 Å². The van der Waals surface area contributed by atoms with Gasteiger partial charge in [-0.05, 0) is 88.5 Å². The second-order valence-corrected chi connectivity index (χ2v) is 9.79. The molecule has 0 bridgehead atoms. The van der Waals surface area contributed by atoms with E-state index in [0.29, 0.717) is 5.92 Å². The van der Waals surface area contributed by atoms with Gasteiger partial charge in [0.2, 0.25) is 0 Å². The number of allylic oxidation sites excluding steroid dienone is 5. The molecule has 0 aromatic carbocycles. The average Bonchev–Trinajstić information content (AvgIpc) is 2.81. The molecule has 4 nitrogen and oxygen atoms in total. The van der Waals surface area contributed by atoms with Gasteiger partial charge in [-0.2, -0.15) is 0 Å². The molecule has 1 N–H and O–H groups in total. The largest absolute Gasteiger partial charge is 0.384 e. The molecule has 0 amide bonds. The topological polar surface area (TPSA) is 49.6 Å². The van der Waals surface area contributed by atoms with Gasteiger partial charge in [-0.15, -0.1) is 0 Å². The maximum Gasteiger partial charge on any atom is 0.0454 e. The van der Waals surface area contributed by atoms with Crippen molar-refractivity contribution in [2.75, 3.05) is 7.05 Å². The van der Waals surface area contributed by atoms with E-state index in [1.165, 1.54) is 17.6 Å². The first-order valence-corrected chi connectivity index (χ1v) is 12.9. The molecule has 34 heavy (non-hydrogen) atoms. The number of hydrogen-bond donors (Lipinski definition) is 1. The first kappa shape index (κ1) is 29.5. The first-order valence-electron chi connectivity index (χ1n) is 12.9. The summed E-state index contributed by atoms with van der Waals surface area (Å²) in [6.07, 6.45) is 15.9. The van der Waals surface area contributed by atoms with Gasteiger partial charge in [-0.1, -0.05) is 45.4 Å². The molecule has 0 fully saturated rings. The molecule has 0 radical (unpaired) electrons. The van der Waals surface area contributed by atoms with Gasteiger partial charge in [0.25, 0.3) is 0 Å². The number of aromatic nitrogens is 1. The van der Waals surface area contributed by atoms with Gasteiger partial charge < -0.3 is 5.32 Å². The summed E-state index contributed by atoms with van der Waals surface area (Å²) in [6.45, 7) is 18.2. The maximum atomic E-state index is 5.12. The van der Waals surface area contributed by atoms with Crippen LogP contribution in [-0.4, -0.2) is 24.0 Å². The Morgan fingerprint density at radius 1 is 1.15 bits per heavy atom. The van der Waals surface area contributed by atoms with Crippen molar-refractivity contribution in [1.29, 1.82) is 0 Å². The SMILES string of the molecule is C=C(CCCC(CCC)C(/C=C(\C)NCc1cccnc1)=N/C(C)=C(\C)C=NC)CCC(C)C. The molecule has 1 heterocycles. The summed E-state index contributed by atoms with van der Waals surface area (Å²) in [7, 11) is 1.81. The van der Waals surface area contributed by atoms with Crippen LogP contribution in [-0.2, 0) is 6.54 Å². The van der Waals surface area contributed by atoms with Crippen molar-refractivity contribution in [3.63, 3.8) is 0 Å². The lowest BCUT2D eigenvalue weighted by Crippen LogP contribution is -2.17. The van der Waals surface area contributed by atoms with E-state index in [-0.39, 0.29) is 0 Å². The van der Waals surface area contributed by atoms with E-state index in [4.69, 9.17) is 4.99 Å². The van der Waals surface area contributed by atoms with Crippen molar-refractivity contribution in [3.05, 3.63) is 65.3 Å². The number of pyridine rings is 1. The Kier molecular flexibility index (Phi) is 14.8. The lowest BCUT2D eigenvalue weighted by Gasteiger charge is -2.19. The molecular formula is C30H48N4. The third-order valence-corrected chi connectivity index (χ3v) is 6.06. The maximum absolute atomic E-state index is 5.12. The van der Waals surface area contributed by atoms with Crippen molar-refractivity contribution in [3.8, 4) is 0 Å². The highest BCUT2D eigenvalue weighted by Crippen LogP contribution is 2.23. The van der Waals surface area contributed by atoms with Crippen LogP contribution < -0.4 is 5.32 Å². The van der Waals surface area contributed by atoms with Crippen LogP contribution in [0.2, 0.25) is 0 Å². The second kappa shape index (κ2) is 17.0. The van der Waals surface area contributed by atoms with Crippen molar-refractivity contribution in [2.24, 2.45) is 21.8 Å². The van der Waals surface area contributed by atoms with E-state index in [1.54, 1.807) is 13.2 Å². The van der Waals surface area contributed by atoms with Crippen LogP contribution in [0.3, 0.4) is 0 Å². The van der Waals surface area contributed by atoms with Crippen LogP contribution in [0, 0.1) is 11.8 Å². The summed E-state index contributed by atoms with van der Waals surface area (Å²) in [6, 6.07) is 4.07. The minimum atomic E-state index is 0.430. The molecular weight excluding hydrogens is 416 g/mol. The number of nitrogens with one attached hydrogen (secondary N) is 1. The van der Waals surface area contributed by atoms with E-state index < -0.39 is 0 Å². The Labute approximate surface area is 209 Å². The Bertz CT molecular complexity index is 844. The van der Waals surface area contributed by atoms with Crippen LogP contribution in [0.5, 0.6) is 0 Å². The van der Waals surface area contributed by atoms with E-state index in [9.17, 15) is 0 Å². The van der Waals surface area contributed by atoms with E-state index in [2.05, 4.69) is 75.6 Å². The Morgan fingerprint density at radius 3 is 2.53 bits per heavy atom. The second-order valence-electron chi connectivity index (χ2n) is 9.79. The summed E-state index contributed by atoms with van der Waals surface area (Å²) < 4.78 is 0. The van der Waals surface area contributed by atoms with Gasteiger partial charge >= 0.3 is 0 Å². The molecule has 1 aromatic rings. The fraction of sp³-hybridized carbons (Fsp3) is 0.567. The predicted molar refractivity (Wildman–Crippen MR) is 151 cm³/mol. The lowest BCUT2D eigenvalue weighted by atomic mass is 9.89. The fourth-order valence-corrected chi connectivity index (χ4v) is 3.83. The smallest absolute Gasteiger partial charge is 0.0454 e. The van der Waals surface area contributed by atoms with Gasteiger partial charge in [0, 0.05) is 55.2 Å². The number of hydrogen-bond acceptors (Lipinski definition) is 4. The minimum Gasteiger partial charge on any atom is -0.384 e. The zero-order chi connectivity index (χ0) is 25.3. The zero-order valence-corrected chi connectivity index (χ0v) is 22.8. The molecule has 1 rings (SSSR count). The van der Waals surface area contributed by atoms with E-state index in [1.807, 2.05) is 18.5 Å². The van der Waals surface area contributed by atoms with Crippen LogP contribution in [0.4, 0.5) is 0 Å². The number of nitrogens with zero attached hydrogens (tertiary/aromatic N) is 3. The highest BCUT2D eigenvalue weighted by molar-refractivity contribution is 5.98. The van der Waals surface area contributed by atoms with Gasteiger partial charge in [-0.25, -0.2) is 0 Å². The summed E-state index contributed by atoms with van der Waals surface area (Å²) in [5.74, 6) is 1.17. The summed E-state index contributed by atoms with van der Waals surface area (Å²) in [4.78, 5) is 13.5. The Balaban J connectivity index is 3.04. The number of aliphatic imine (C=N–C) groups is 2. The molecule has 188 valence electrons. The normalized spacial score (nSPS) is 14.5. The van der Waals surface area contributed by atoms with E-state index >= 15 is 0 Å². The summed E-state index contributed by atoms with van der Waals surface area (Å²) in [5.41, 5.74) is 6.97. The zero-order valence-electron chi connectivity index (χ0n) is 22.8. The van der Waals surface area contributed by atoms with Crippen LogP contribution >= 0.6 is 0 Å². The molecule has 4 heteroatoms. The van der Waals surface area contributed by atoms with Gasteiger partial charge in [0.05, 0.1) is 0 Å². The molecule has 0 aliphatic heterocycles. The highest BCUT2D eigenvalue weighted by atomic mass is 14.9. The highest BCUT2D eigenvalue weighted by Gasteiger charge is 2.15. The van der Waals surface area contributed by atoms with Crippen LogP contribution in [0.15, 0.2) is 69.7 Å². The Morgan fingerprint density at radius 2 is 1.91 bits per heavy atom. The Hall–Kier alpha value is -2.49. The molecule has 0 saturated heterocycles. The minimum absolute atomic E-state index is 0.430. The molecule has 1 unspecified atom stereocenters. The van der Waals surface area contributed by atoms with Crippen LogP contribution in [0.25, 0.3) is 0 Å². The van der Waals surface area contributed by atoms with Gasteiger partial charge in [0.15, 0.2) is 0 Å². The summed E-state index contributed by atoms with van der Waals surface area (Å²) in [5, 5.41) is 3.54. The fourth-order valence-electron chi connectivity index (χ4n) is 3.83. The molecule has 0 spiro atoms. The quantitative estimate of drug-likeness (QED) is 0.198. The standard InChI is InChI=1S/C30H48N4/c1-9-12-29(15-10-13-24(4)17-16-23(2)3)30(34-27(7)25(5)20-31-8)19-26(6)33-22-28-14-11-18-32-21-28/h11,14,18-21,23,29,33H,4,9-10,12-13,15-17,22H2,1-3,5-8H3/b26-19+,27-25+,31-20?,34-30+. The molecule has 1 aromatic heterocycles. The number of rotatable bonds is 16. The predicted octanol–water partition coefficient (Wildman–Crippen LogP) is 8.09. The molecule has 0 aliphatic rings. The third-order valence-electron chi connectivity index (χ3n) is 6.06. The molecule has 0 saturated carbocycles. The third kappa shape index (κ3) is 12.7. The van der Waals surface area contributed by atoms with Gasteiger partial charge in [0.1, 0.15) is 0 Å². The van der Waals surface area contributed by atoms with Crippen LogP contribution in [0.1, 0.15) is 92.1 Å². The average molecular weight is 465 g/mol. The van der Waals surface area contributed by atoms with Crippen molar-refractivity contribution in [2.45, 2.75) is 93.0 Å².